The molecule has 0 fully saturated rings. The third-order valence-corrected chi connectivity index (χ3v) is 3.83. The molecule has 1 aliphatic carbocycles. The number of carboxylic acids is 1. The van der Waals surface area contributed by atoms with E-state index in [9.17, 15) is 20.0 Å². The monoisotopic (exact) mass is 259 g/mol. The molecule has 1 aromatic rings. The lowest BCUT2D eigenvalue weighted by molar-refractivity contribution is -0.384. The van der Waals surface area contributed by atoms with Crippen LogP contribution in [0.1, 0.15) is 17.9 Å². The Hall–Kier alpha value is -2.37. The predicted octanol–water partition coefficient (Wildman–Crippen LogP) is 0.798. The fraction of sp³-hybridized carbons (Fsp3) is 0.308. The summed E-state index contributed by atoms with van der Waals surface area (Å²) in [5.74, 6) is -1.46. The van der Waals surface area contributed by atoms with E-state index in [2.05, 4.69) is 5.32 Å². The molecule has 0 unspecified atom stereocenters. The summed E-state index contributed by atoms with van der Waals surface area (Å²) in [5.41, 5.74) is 0.988. The number of hydrogen-bond acceptors (Lipinski definition) is 5. The van der Waals surface area contributed by atoms with E-state index in [1.165, 1.54) is 6.07 Å². The topological polar surface area (TPSA) is 95.3 Å². The molecule has 0 saturated heterocycles. The number of fused-ring (bicyclic) bond motifs is 3. The molecule has 1 heterocycles. The third kappa shape index (κ3) is 1.68. The van der Waals surface area contributed by atoms with Gasteiger partial charge in [-0.05, 0) is 17.9 Å². The number of carbonyl (C=O) groups is 1. The van der Waals surface area contributed by atoms with E-state index >= 15 is 0 Å². The van der Waals surface area contributed by atoms with Crippen LogP contribution in [0.5, 0.6) is 0 Å². The number of rotatable bonds is 2. The number of para-hydroxylation sites is 1. The molecule has 0 amide bonds. The maximum absolute atomic E-state index is 11.2. The van der Waals surface area contributed by atoms with Gasteiger partial charge in [-0.2, -0.15) is 0 Å². The molecule has 1 N–H and O–H groups in total. The smallest absolute Gasteiger partial charge is 0.292 e. The van der Waals surface area contributed by atoms with Crippen molar-refractivity contribution in [3.05, 3.63) is 46.0 Å². The van der Waals surface area contributed by atoms with Crippen LogP contribution in [0.25, 0.3) is 0 Å². The number of nitro groups is 1. The maximum Gasteiger partial charge on any atom is 0.292 e. The summed E-state index contributed by atoms with van der Waals surface area (Å²) in [6.07, 6.45) is 4.48. The number of carboxylic acid groups (broad SMARTS) is 1. The summed E-state index contributed by atoms with van der Waals surface area (Å²) < 4.78 is 0. The highest BCUT2D eigenvalue weighted by Gasteiger charge is 2.40. The Morgan fingerprint density at radius 3 is 2.89 bits per heavy atom. The van der Waals surface area contributed by atoms with Crippen LogP contribution in [0.2, 0.25) is 0 Å². The summed E-state index contributed by atoms with van der Waals surface area (Å²) in [5, 5.41) is 25.0. The molecular weight excluding hydrogens is 248 g/mol. The second kappa shape index (κ2) is 4.08. The van der Waals surface area contributed by atoms with E-state index in [0.717, 1.165) is 5.56 Å². The molecule has 0 bridgehead atoms. The molecule has 1 aliphatic heterocycles. The van der Waals surface area contributed by atoms with Crippen LogP contribution in [0, 0.1) is 16.0 Å². The number of nitrogens with one attached hydrogen (secondary N) is 1. The average Bonchev–Trinajstić information content (AvgIpc) is 2.85. The fourth-order valence-corrected chi connectivity index (χ4v) is 2.99. The summed E-state index contributed by atoms with van der Waals surface area (Å²) >= 11 is 0. The van der Waals surface area contributed by atoms with Crippen LogP contribution < -0.4 is 10.4 Å². The van der Waals surface area contributed by atoms with Gasteiger partial charge in [0.05, 0.1) is 16.9 Å². The van der Waals surface area contributed by atoms with Gasteiger partial charge in [-0.3, -0.25) is 10.1 Å². The molecule has 98 valence electrons. The SMILES string of the molecule is O=C([O-])[C@H]1Nc2c(cccc2[N+](=O)[O-])[C@@H]2C=CC[C@@H]12. The highest BCUT2D eigenvalue weighted by molar-refractivity contribution is 5.82. The van der Waals surface area contributed by atoms with Gasteiger partial charge < -0.3 is 15.2 Å². The Labute approximate surface area is 108 Å². The first-order valence-corrected chi connectivity index (χ1v) is 6.01. The Bertz CT molecular complexity index is 596. The van der Waals surface area contributed by atoms with Crippen molar-refractivity contribution < 1.29 is 14.8 Å². The molecule has 3 rings (SSSR count). The normalized spacial score (nSPS) is 27.3. The van der Waals surface area contributed by atoms with Crippen LogP contribution in [0.3, 0.4) is 0 Å². The highest BCUT2D eigenvalue weighted by Crippen LogP contribution is 2.47. The van der Waals surface area contributed by atoms with Crippen molar-refractivity contribution in [2.24, 2.45) is 5.92 Å². The van der Waals surface area contributed by atoms with Gasteiger partial charge in [0.1, 0.15) is 5.69 Å². The molecule has 0 radical (unpaired) electrons. The van der Waals surface area contributed by atoms with Crippen LogP contribution in [0.4, 0.5) is 11.4 Å². The fourth-order valence-electron chi connectivity index (χ4n) is 2.99. The van der Waals surface area contributed by atoms with Gasteiger partial charge in [-0.25, -0.2) is 0 Å². The van der Waals surface area contributed by atoms with Crippen molar-refractivity contribution in [2.75, 3.05) is 5.32 Å². The number of anilines is 1. The Morgan fingerprint density at radius 1 is 1.42 bits per heavy atom. The Morgan fingerprint density at radius 2 is 2.21 bits per heavy atom. The lowest BCUT2D eigenvalue weighted by atomic mass is 9.79. The van der Waals surface area contributed by atoms with Crippen LogP contribution >= 0.6 is 0 Å². The number of aliphatic carboxylic acids is 1. The second-order valence-corrected chi connectivity index (χ2v) is 4.79. The van der Waals surface area contributed by atoms with Gasteiger partial charge in [-0.15, -0.1) is 0 Å². The van der Waals surface area contributed by atoms with Crippen LogP contribution in [-0.4, -0.2) is 16.9 Å². The average molecular weight is 259 g/mol. The van der Waals surface area contributed by atoms with E-state index in [0.29, 0.717) is 12.1 Å². The van der Waals surface area contributed by atoms with Crippen molar-refractivity contribution in [2.45, 2.75) is 18.4 Å². The van der Waals surface area contributed by atoms with Gasteiger partial charge in [0.25, 0.3) is 5.69 Å². The number of hydrogen-bond donors (Lipinski definition) is 1. The van der Waals surface area contributed by atoms with E-state index in [1.807, 2.05) is 12.2 Å². The molecule has 0 aromatic heterocycles. The molecule has 6 nitrogen and oxygen atoms in total. The zero-order chi connectivity index (χ0) is 13.6. The maximum atomic E-state index is 11.2. The molecule has 19 heavy (non-hydrogen) atoms. The first-order chi connectivity index (χ1) is 9.09. The molecular formula is C13H11N2O4-. The minimum atomic E-state index is -1.22. The van der Waals surface area contributed by atoms with E-state index in [4.69, 9.17) is 0 Å². The van der Waals surface area contributed by atoms with Gasteiger partial charge in [0.2, 0.25) is 0 Å². The van der Waals surface area contributed by atoms with Crippen molar-refractivity contribution in [1.82, 2.24) is 0 Å². The first kappa shape index (κ1) is 11.7. The van der Waals surface area contributed by atoms with Crippen LogP contribution in [0.15, 0.2) is 30.4 Å². The molecule has 0 spiro atoms. The molecule has 2 aliphatic rings. The summed E-state index contributed by atoms with van der Waals surface area (Å²) in [6.45, 7) is 0. The number of carbonyl (C=O) groups excluding carboxylic acids is 1. The third-order valence-electron chi connectivity index (χ3n) is 3.83. The highest BCUT2D eigenvalue weighted by atomic mass is 16.6. The number of allylic oxidation sites excluding steroid dienone is 2. The lowest BCUT2D eigenvalue weighted by Gasteiger charge is -2.37. The van der Waals surface area contributed by atoms with Crippen molar-refractivity contribution >= 4 is 17.3 Å². The van der Waals surface area contributed by atoms with Crippen molar-refractivity contribution in [3.8, 4) is 0 Å². The number of benzene rings is 1. The first-order valence-electron chi connectivity index (χ1n) is 6.01. The lowest BCUT2D eigenvalue weighted by Crippen LogP contribution is -2.48. The zero-order valence-corrected chi connectivity index (χ0v) is 9.91. The van der Waals surface area contributed by atoms with E-state index in [1.54, 1.807) is 12.1 Å². The predicted molar refractivity (Wildman–Crippen MR) is 65.5 cm³/mol. The minimum Gasteiger partial charge on any atom is -0.548 e. The van der Waals surface area contributed by atoms with Gasteiger partial charge in [-0.1, -0.05) is 24.3 Å². The number of nitro benzene ring substituents is 1. The largest absolute Gasteiger partial charge is 0.548 e. The van der Waals surface area contributed by atoms with Crippen LogP contribution in [-0.2, 0) is 4.79 Å². The summed E-state index contributed by atoms with van der Waals surface area (Å²) in [4.78, 5) is 21.7. The number of nitrogens with zero attached hydrogens (tertiary/aromatic N) is 1. The van der Waals surface area contributed by atoms with Crippen molar-refractivity contribution in [3.63, 3.8) is 0 Å². The Kier molecular flexibility index (Phi) is 2.51. The summed E-state index contributed by atoms with van der Waals surface area (Å²) in [6, 6.07) is 3.90. The van der Waals surface area contributed by atoms with Gasteiger partial charge in [0, 0.05) is 12.0 Å². The van der Waals surface area contributed by atoms with Gasteiger partial charge in [0.15, 0.2) is 0 Å². The molecule has 3 atom stereocenters. The van der Waals surface area contributed by atoms with E-state index < -0.39 is 16.9 Å². The standard InChI is InChI=1S/C13H12N2O4/c16-13(17)12-9-4-1-3-7(9)8-5-2-6-10(15(18)19)11(8)14-12/h1-3,5-7,9,12,14H,4H2,(H,16,17)/p-1/t7-,9+,12-/m0/s1. The van der Waals surface area contributed by atoms with Gasteiger partial charge >= 0.3 is 0 Å². The second-order valence-electron chi connectivity index (χ2n) is 4.79. The summed E-state index contributed by atoms with van der Waals surface area (Å²) in [7, 11) is 0. The zero-order valence-electron chi connectivity index (χ0n) is 9.91. The minimum absolute atomic E-state index is 0.0949. The molecule has 0 saturated carbocycles. The molecule has 6 heteroatoms. The van der Waals surface area contributed by atoms with E-state index in [-0.39, 0.29) is 17.5 Å². The Balaban J connectivity index is 2.15. The quantitative estimate of drug-likeness (QED) is 0.481. The molecule has 1 aromatic carbocycles. The van der Waals surface area contributed by atoms with Crippen molar-refractivity contribution in [1.29, 1.82) is 0 Å².